The minimum atomic E-state index is -0.672. The Labute approximate surface area is 105 Å². The van der Waals surface area contributed by atoms with Gasteiger partial charge in [-0.1, -0.05) is 0 Å². The Morgan fingerprint density at radius 1 is 1.17 bits per heavy atom. The average molecular weight is 251 g/mol. The van der Waals surface area contributed by atoms with Gasteiger partial charge in [-0.25, -0.2) is 15.6 Å². The van der Waals surface area contributed by atoms with Gasteiger partial charge in [-0.05, 0) is 45.0 Å². The molecule has 0 atom stereocenters. The van der Waals surface area contributed by atoms with Crippen molar-refractivity contribution in [2.45, 2.75) is 26.4 Å². The molecule has 1 aromatic rings. The van der Waals surface area contributed by atoms with Crippen LogP contribution in [0.25, 0.3) is 0 Å². The molecule has 0 bridgehead atoms. The third-order valence-electron chi connectivity index (χ3n) is 2.02. The minimum Gasteiger partial charge on any atom is -0.442 e. The molecule has 0 unspecified atom stereocenters. The van der Waals surface area contributed by atoms with Crippen LogP contribution in [0.3, 0.4) is 0 Å². The molecule has 98 valence electrons. The maximum Gasteiger partial charge on any atom is 0.429 e. The van der Waals surface area contributed by atoms with Gasteiger partial charge in [0, 0.05) is 5.56 Å². The summed E-state index contributed by atoms with van der Waals surface area (Å²) in [4.78, 5) is 22.6. The smallest absolute Gasteiger partial charge is 0.429 e. The highest BCUT2D eigenvalue weighted by Gasteiger charge is 2.21. The van der Waals surface area contributed by atoms with Crippen LogP contribution in [0, 0.1) is 0 Å². The van der Waals surface area contributed by atoms with E-state index in [2.05, 4.69) is 0 Å². The molecule has 0 fully saturated rings. The quantitative estimate of drug-likeness (QED) is 0.471. The van der Waals surface area contributed by atoms with Crippen molar-refractivity contribution in [3.63, 3.8) is 0 Å². The third kappa shape index (κ3) is 3.74. The summed E-state index contributed by atoms with van der Waals surface area (Å²) < 4.78 is 5.10. The molecule has 0 saturated heterocycles. The van der Waals surface area contributed by atoms with E-state index in [1.54, 1.807) is 20.8 Å². The normalized spacial score (nSPS) is 10.9. The molecule has 0 spiro atoms. The Balaban J connectivity index is 2.81. The molecule has 6 nitrogen and oxygen atoms in total. The van der Waals surface area contributed by atoms with Crippen LogP contribution >= 0.6 is 0 Å². The van der Waals surface area contributed by atoms with Gasteiger partial charge in [-0.3, -0.25) is 4.79 Å². The molecule has 0 aliphatic heterocycles. The van der Waals surface area contributed by atoms with E-state index in [9.17, 15) is 9.59 Å². The number of ether oxygens (including phenoxy) is 1. The van der Waals surface area contributed by atoms with E-state index >= 15 is 0 Å². The fourth-order valence-corrected chi connectivity index (χ4v) is 1.20. The van der Waals surface area contributed by atoms with Crippen LogP contribution in [0.1, 0.15) is 31.1 Å². The Morgan fingerprint density at radius 3 is 2.06 bits per heavy atom. The number of anilines is 1. The Kier molecular flexibility index (Phi) is 3.93. The van der Waals surface area contributed by atoms with E-state index in [-0.39, 0.29) is 0 Å². The first-order chi connectivity index (χ1) is 8.20. The van der Waals surface area contributed by atoms with Crippen molar-refractivity contribution in [3.05, 3.63) is 29.8 Å². The zero-order valence-corrected chi connectivity index (χ0v) is 10.6. The average Bonchev–Trinajstić information content (AvgIpc) is 2.26. The standard InChI is InChI=1S/C12H17N3O3/c1-12(2,3)18-11(17)15(14)9-6-4-8(5-7-9)10(13)16/h4-7H,14H2,1-3H3,(H2,13,16). The second-order valence-electron chi connectivity index (χ2n) is 4.76. The van der Waals surface area contributed by atoms with Crippen LogP contribution in [-0.2, 0) is 4.74 Å². The maximum absolute atomic E-state index is 11.7. The highest BCUT2D eigenvalue weighted by atomic mass is 16.6. The first-order valence-corrected chi connectivity index (χ1v) is 5.38. The summed E-state index contributed by atoms with van der Waals surface area (Å²) in [6.07, 6.45) is -0.672. The summed E-state index contributed by atoms with van der Waals surface area (Å²) in [7, 11) is 0. The zero-order valence-electron chi connectivity index (χ0n) is 10.6. The second-order valence-corrected chi connectivity index (χ2v) is 4.76. The highest BCUT2D eigenvalue weighted by Crippen LogP contribution is 2.16. The number of nitrogens with zero attached hydrogens (tertiary/aromatic N) is 1. The SMILES string of the molecule is CC(C)(C)OC(=O)N(N)c1ccc(C(N)=O)cc1. The number of benzene rings is 1. The van der Waals surface area contributed by atoms with Gasteiger partial charge in [-0.2, -0.15) is 0 Å². The van der Waals surface area contributed by atoms with E-state index in [0.29, 0.717) is 11.3 Å². The Morgan fingerprint density at radius 2 is 1.67 bits per heavy atom. The number of primary amides is 1. The summed E-state index contributed by atoms with van der Waals surface area (Å²) >= 11 is 0. The van der Waals surface area contributed by atoms with Gasteiger partial charge in [0.1, 0.15) is 5.60 Å². The van der Waals surface area contributed by atoms with Crippen LogP contribution in [0.2, 0.25) is 0 Å². The number of rotatable bonds is 2. The third-order valence-corrected chi connectivity index (χ3v) is 2.02. The molecule has 0 aliphatic rings. The second kappa shape index (κ2) is 5.05. The zero-order chi connectivity index (χ0) is 13.9. The van der Waals surface area contributed by atoms with Crippen molar-refractivity contribution in [1.29, 1.82) is 0 Å². The largest absolute Gasteiger partial charge is 0.442 e. The Bertz CT molecular complexity index is 449. The predicted molar refractivity (Wildman–Crippen MR) is 67.9 cm³/mol. The van der Waals surface area contributed by atoms with Crippen molar-refractivity contribution in [3.8, 4) is 0 Å². The molecule has 1 aromatic carbocycles. The van der Waals surface area contributed by atoms with Crippen molar-refractivity contribution in [2.24, 2.45) is 11.6 Å². The van der Waals surface area contributed by atoms with Crippen LogP contribution in [-0.4, -0.2) is 17.6 Å². The number of hydrogen-bond acceptors (Lipinski definition) is 4. The molecular formula is C12H17N3O3. The van der Waals surface area contributed by atoms with Crippen LogP contribution in [0.4, 0.5) is 10.5 Å². The topological polar surface area (TPSA) is 98.7 Å². The first kappa shape index (κ1) is 14.0. The van der Waals surface area contributed by atoms with Gasteiger partial charge in [0.2, 0.25) is 5.91 Å². The fourth-order valence-electron chi connectivity index (χ4n) is 1.20. The summed E-state index contributed by atoms with van der Waals surface area (Å²) in [5.74, 6) is 5.08. The number of carbonyl (C=O) groups excluding carboxylic acids is 2. The van der Waals surface area contributed by atoms with E-state index in [1.807, 2.05) is 0 Å². The number of amides is 2. The van der Waals surface area contributed by atoms with Crippen molar-refractivity contribution >= 4 is 17.7 Å². The van der Waals surface area contributed by atoms with E-state index in [1.165, 1.54) is 24.3 Å². The lowest BCUT2D eigenvalue weighted by atomic mass is 10.2. The molecule has 2 amide bonds. The number of nitrogens with two attached hydrogens (primary N) is 2. The summed E-state index contributed by atoms with van der Waals surface area (Å²) in [5, 5.41) is 0.871. The molecular weight excluding hydrogens is 234 g/mol. The summed E-state index contributed by atoms with van der Waals surface area (Å²) in [6, 6.07) is 6.01. The molecule has 0 aromatic heterocycles. The molecule has 1 rings (SSSR count). The van der Waals surface area contributed by atoms with Crippen LogP contribution in [0.5, 0.6) is 0 Å². The molecule has 6 heteroatoms. The van der Waals surface area contributed by atoms with E-state index < -0.39 is 17.6 Å². The van der Waals surface area contributed by atoms with Gasteiger partial charge in [0.25, 0.3) is 0 Å². The van der Waals surface area contributed by atoms with Crippen molar-refractivity contribution in [1.82, 2.24) is 0 Å². The lowest BCUT2D eigenvalue weighted by Gasteiger charge is -2.24. The van der Waals surface area contributed by atoms with Gasteiger partial charge in [0.15, 0.2) is 0 Å². The van der Waals surface area contributed by atoms with Crippen molar-refractivity contribution < 1.29 is 14.3 Å². The number of carbonyl (C=O) groups is 2. The molecule has 4 N–H and O–H groups in total. The van der Waals surface area contributed by atoms with Gasteiger partial charge >= 0.3 is 6.09 Å². The van der Waals surface area contributed by atoms with E-state index in [0.717, 1.165) is 5.01 Å². The summed E-state index contributed by atoms with van der Waals surface area (Å²) in [6.45, 7) is 5.23. The summed E-state index contributed by atoms with van der Waals surface area (Å²) in [5.41, 5.74) is 5.24. The molecule has 0 radical (unpaired) electrons. The number of hydrogen-bond donors (Lipinski definition) is 2. The molecule has 0 aliphatic carbocycles. The molecule has 0 heterocycles. The molecule has 0 saturated carbocycles. The molecule has 18 heavy (non-hydrogen) atoms. The monoisotopic (exact) mass is 251 g/mol. The van der Waals surface area contributed by atoms with Gasteiger partial charge in [0.05, 0.1) is 5.69 Å². The predicted octanol–water partition coefficient (Wildman–Crippen LogP) is 1.40. The van der Waals surface area contributed by atoms with E-state index in [4.69, 9.17) is 16.3 Å². The lowest BCUT2D eigenvalue weighted by molar-refractivity contribution is 0.0580. The Hall–Kier alpha value is -2.08. The highest BCUT2D eigenvalue weighted by molar-refractivity contribution is 5.94. The van der Waals surface area contributed by atoms with Gasteiger partial charge < -0.3 is 10.5 Å². The van der Waals surface area contributed by atoms with Crippen LogP contribution < -0.4 is 16.6 Å². The lowest BCUT2D eigenvalue weighted by Crippen LogP contribution is -2.41. The van der Waals surface area contributed by atoms with Gasteiger partial charge in [-0.15, -0.1) is 0 Å². The minimum absolute atomic E-state index is 0.344. The van der Waals surface area contributed by atoms with Crippen LogP contribution in [0.15, 0.2) is 24.3 Å². The number of hydrazine groups is 1. The fraction of sp³-hybridized carbons (Fsp3) is 0.333. The van der Waals surface area contributed by atoms with Crippen molar-refractivity contribution in [2.75, 3.05) is 5.01 Å². The first-order valence-electron chi connectivity index (χ1n) is 5.38. The maximum atomic E-state index is 11.7.